The van der Waals surface area contributed by atoms with E-state index in [1.165, 1.54) is 12.1 Å². The first kappa shape index (κ1) is 13.5. The standard InChI is InChI=1S/C14H15F3N2/c1-9(2)19-8-7-12(13(19)18)10-3-5-11(6-4-10)14(15,16)17/h3-9H,18H2,1-2H3. The highest BCUT2D eigenvalue weighted by atomic mass is 19.4. The van der Waals surface area contributed by atoms with Crippen molar-refractivity contribution in [2.24, 2.45) is 0 Å². The van der Waals surface area contributed by atoms with Crippen LogP contribution in [0.3, 0.4) is 0 Å². The Bertz CT molecular complexity index is 565. The number of alkyl halides is 3. The Morgan fingerprint density at radius 1 is 1.05 bits per heavy atom. The molecular weight excluding hydrogens is 253 g/mol. The van der Waals surface area contributed by atoms with Crippen LogP contribution in [-0.2, 0) is 6.18 Å². The van der Waals surface area contributed by atoms with E-state index in [9.17, 15) is 13.2 Å². The summed E-state index contributed by atoms with van der Waals surface area (Å²) in [6, 6.07) is 7.06. The van der Waals surface area contributed by atoms with Gasteiger partial charge in [0.1, 0.15) is 5.82 Å². The number of nitrogens with two attached hydrogens (primary N) is 1. The van der Waals surface area contributed by atoms with Crippen LogP contribution in [0.1, 0.15) is 25.5 Å². The van der Waals surface area contributed by atoms with Crippen LogP contribution in [0.5, 0.6) is 0 Å². The molecule has 2 rings (SSSR count). The van der Waals surface area contributed by atoms with E-state index in [0.717, 1.165) is 17.7 Å². The van der Waals surface area contributed by atoms with Gasteiger partial charge >= 0.3 is 6.18 Å². The summed E-state index contributed by atoms with van der Waals surface area (Å²) < 4.78 is 39.3. The predicted molar refractivity (Wildman–Crippen MR) is 69.7 cm³/mol. The van der Waals surface area contributed by atoms with Crippen LogP contribution in [0.15, 0.2) is 36.5 Å². The van der Waals surface area contributed by atoms with Crippen molar-refractivity contribution in [1.29, 1.82) is 0 Å². The Morgan fingerprint density at radius 3 is 2.05 bits per heavy atom. The first-order chi connectivity index (χ1) is 8.80. The molecule has 1 aromatic heterocycles. The van der Waals surface area contributed by atoms with Crippen LogP contribution in [0.25, 0.3) is 11.1 Å². The van der Waals surface area contributed by atoms with Crippen molar-refractivity contribution in [1.82, 2.24) is 4.57 Å². The number of nitrogen functional groups attached to an aromatic ring is 1. The van der Waals surface area contributed by atoms with E-state index >= 15 is 0 Å². The van der Waals surface area contributed by atoms with E-state index in [1.807, 2.05) is 30.7 Å². The zero-order valence-electron chi connectivity index (χ0n) is 10.7. The van der Waals surface area contributed by atoms with Crippen molar-refractivity contribution in [2.45, 2.75) is 26.1 Å². The third-order valence-electron chi connectivity index (χ3n) is 3.04. The summed E-state index contributed by atoms with van der Waals surface area (Å²) in [5.41, 5.74) is 6.78. The molecule has 0 bridgehead atoms. The maximum absolute atomic E-state index is 12.5. The van der Waals surface area contributed by atoms with Crippen molar-refractivity contribution in [3.63, 3.8) is 0 Å². The van der Waals surface area contributed by atoms with E-state index in [1.54, 1.807) is 0 Å². The molecule has 1 heterocycles. The highest BCUT2D eigenvalue weighted by Crippen LogP contribution is 2.33. The monoisotopic (exact) mass is 268 g/mol. The van der Waals surface area contributed by atoms with Gasteiger partial charge in [-0.05, 0) is 37.6 Å². The molecule has 1 aromatic carbocycles. The highest BCUT2D eigenvalue weighted by Gasteiger charge is 2.30. The van der Waals surface area contributed by atoms with Crippen LogP contribution in [0.2, 0.25) is 0 Å². The first-order valence-corrected chi connectivity index (χ1v) is 5.94. The Balaban J connectivity index is 2.38. The van der Waals surface area contributed by atoms with Gasteiger partial charge in [-0.25, -0.2) is 0 Å². The number of hydrogen-bond donors (Lipinski definition) is 1. The van der Waals surface area contributed by atoms with Crippen molar-refractivity contribution in [3.8, 4) is 11.1 Å². The lowest BCUT2D eigenvalue weighted by Crippen LogP contribution is -2.05. The summed E-state index contributed by atoms with van der Waals surface area (Å²) in [5, 5.41) is 0. The van der Waals surface area contributed by atoms with Crippen LogP contribution in [0.4, 0.5) is 19.0 Å². The zero-order valence-corrected chi connectivity index (χ0v) is 10.7. The second-order valence-electron chi connectivity index (χ2n) is 4.69. The second-order valence-corrected chi connectivity index (χ2v) is 4.69. The van der Waals surface area contributed by atoms with Crippen LogP contribution >= 0.6 is 0 Å². The van der Waals surface area contributed by atoms with E-state index in [2.05, 4.69) is 0 Å². The van der Waals surface area contributed by atoms with Crippen LogP contribution in [0, 0.1) is 0 Å². The molecule has 0 aliphatic heterocycles. The summed E-state index contributed by atoms with van der Waals surface area (Å²) in [4.78, 5) is 0. The van der Waals surface area contributed by atoms with Gasteiger partial charge in [-0.15, -0.1) is 0 Å². The van der Waals surface area contributed by atoms with Gasteiger partial charge < -0.3 is 10.3 Å². The second kappa shape index (κ2) is 4.64. The Kier molecular flexibility index (Phi) is 3.30. The number of halogens is 3. The molecule has 19 heavy (non-hydrogen) atoms. The van der Waals surface area contributed by atoms with Crippen molar-refractivity contribution in [2.75, 3.05) is 5.73 Å². The lowest BCUT2D eigenvalue weighted by atomic mass is 10.1. The van der Waals surface area contributed by atoms with Gasteiger partial charge in [-0.1, -0.05) is 12.1 Å². The van der Waals surface area contributed by atoms with Gasteiger partial charge in [-0.3, -0.25) is 0 Å². The van der Waals surface area contributed by atoms with Gasteiger partial charge in [0.2, 0.25) is 0 Å². The Labute approximate surface area is 109 Å². The SMILES string of the molecule is CC(C)n1ccc(-c2ccc(C(F)(F)F)cc2)c1N. The quantitative estimate of drug-likeness (QED) is 0.863. The van der Waals surface area contributed by atoms with E-state index in [0.29, 0.717) is 11.4 Å². The van der Waals surface area contributed by atoms with Crippen molar-refractivity contribution < 1.29 is 13.2 Å². The molecule has 102 valence electrons. The number of aromatic nitrogens is 1. The van der Waals surface area contributed by atoms with Gasteiger partial charge in [0, 0.05) is 17.8 Å². The molecule has 0 amide bonds. The summed E-state index contributed by atoms with van der Waals surface area (Å²) in [5.74, 6) is 0.565. The molecular formula is C14H15F3N2. The topological polar surface area (TPSA) is 30.9 Å². The molecule has 0 spiro atoms. The summed E-state index contributed by atoms with van der Waals surface area (Å²) in [7, 11) is 0. The average molecular weight is 268 g/mol. The van der Waals surface area contributed by atoms with Crippen molar-refractivity contribution in [3.05, 3.63) is 42.1 Å². The first-order valence-electron chi connectivity index (χ1n) is 5.94. The lowest BCUT2D eigenvalue weighted by Gasteiger charge is -2.11. The number of nitrogens with zero attached hydrogens (tertiary/aromatic N) is 1. The fraction of sp³-hybridized carbons (Fsp3) is 0.286. The normalized spacial score (nSPS) is 12.1. The van der Waals surface area contributed by atoms with Crippen molar-refractivity contribution >= 4 is 5.82 Å². The van der Waals surface area contributed by atoms with E-state index in [4.69, 9.17) is 5.73 Å². The summed E-state index contributed by atoms with van der Waals surface area (Å²) in [6.07, 6.45) is -2.47. The Hall–Kier alpha value is -1.91. The number of anilines is 1. The van der Waals surface area contributed by atoms with E-state index in [-0.39, 0.29) is 6.04 Å². The summed E-state index contributed by atoms with van der Waals surface area (Å²) >= 11 is 0. The molecule has 0 aliphatic carbocycles. The largest absolute Gasteiger partial charge is 0.416 e. The Morgan fingerprint density at radius 2 is 1.63 bits per heavy atom. The molecule has 0 atom stereocenters. The van der Waals surface area contributed by atoms with E-state index < -0.39 is 11.7 Å². The number of rotatable bonds is 2. The van der Waals surface area contributed by atoms with Gasteiger partial charge in [-0.2, -0.15) is 13.2 Å². The smallest absolute Gasteiger partial charge is 0.385 e. The third-order valence-corrected chi connectivity index (χ3v) is 3.04. The molecule has 0 saturated heterocycles. The maximum Gasteiger partial charge on any atom is 0.416 e. The fourth-order valence-corrected chi connectivity index (χ4v) is 1.99. The fourth-order valence-electron chi connectivity index (χ4n) is 1.99. The molecule has 2 aromatic rings. The van der Waals surface area contributed by atoms with Gasteiger partial charge in [0.15, 0.2) is 0 Å². The zero-order chi connectivity index (χ0) is 14.2. The molecule has 5 heteroatoms. The highest BCUT2D eigenvalue weighted by molar-refractivity contribution is 5.75. The third kappa shape index (κ3) is 2.59. The minimum absolute atomic E-state index is 0.211. The van der Waals surface area contributed by atoms with Gasteiger partial charge in [0.25, 0.3) is 0 Å². The number of benzene rings is 1. The molecule has 2 nitrogen and oxygen atoms in total. The molecule has 0 saturated carbocycles. The molecule has 0 aliphatic rings. The minimum atomic E-state index is -4.31. The van der Waals surface area contributed by atoms with Crippen LogP contribution in [-0.4, -0.2) is 4.57 Å². The average Bonchev–Trinajstić information content (AvgIpc) is 2.70. The molecule has 0 radical (unpaired) electrons. The minimum Gasteiger partial charge on any atom is -0.385 e. The predicted octanol–water partition coefficient (Wildman–Crippen LogP) is 4.34. The lowest BCUT2D eigenvalue weighted by molar-refractivity contribution is -0.137. The molecule has 0 fully saturated rings. The molecule has 0 unspecified atom stereocenters. The number of hydrogen-bond acceptors (Lipinski definition) is 1. The summed E-state index contributed by atoms with van der Waals surface area (Å²) in [6.45, 7) is 3.99. The maximum atomic E-state index is 12.5. The van der Waals surface area contributed by atoms with Crippen LogP contribution < -0.4 is 5.73 Å². The molecule has 2 N–H and O–H groups in total. The van der Waals surface area contributed by atoms with Gasteiger partial charge in [0.05, 0.1) is 5.56 Å².